The molecule has 0 aliphatic heterocycles. The summed E-state index contributed by atoms with van der Waals surface area (Å²) in [7, 11) is -1.36. The van der Waals surface area contributed by atoms with Gasteiger partial charge in [-0.3, -0.25) is 15.0 Å². The third-order valence-electron chi connectivity index (χ3n) is 13.2. The normalized spacial score (nSPS) is 13.1. The molecule has 0 spiro atoms. The van der Waals surface area contributed by atoms with Crippen LogP contribution in [-0.4, -0.2) is 23.0 Å². The zero-order valence-corrected chi connectivity index (χ0v) is 47.0. The van der Waals surface area contributed by atoms with Crippen molar-refractivity contribution in [1.29, 1.82) is 0 Å². The van der Waals surface area contributed by atoms with E-state index in [0.29, 0.717) is 10.8 Å². The summed E-state index contributed by atoms with van der Waals surface area (Å²) >= 11 is 0. The van der Waals surface area contributed by atoms with Gasteiger partial charge in [0.15, 0.2) is 0 Å². The molecule has 4 aromatic heterocycles. The van der Waals surface area contributed by atoms with Crippen molar-refractivity contribution in [3.63, 3.8) is 0 Å². The second-order valence-electron chi connectivity index (χ2n) is 22.8. The van der Waals surface area contributed by atoms with Crippen LogP contribution in [0.3, 0.4) is 0 Å². The van der Waals surface area contributed by atoms with Gasteiger partial charge in [-0.25, -0.2) is 0 Å². The molecule has 367 valence electrons. The molecule has 0 bridgehead atoms. The van der Waals surface area contributed by atoms with E-state index in [0.717, 1.165) is 64.4 Å². The number of benzene rings is 5. The molecule has 5 aromatic carbocycles. The number of hydrogen-bond acceptors (Lipinski definition) is 4. The predicted molar refractivity (Wildman–Crippen MR) is 301 cm³/mol. The predicted octanol–water partition coefficient (Wildman–Crippen LogP) is 17.7. The van der Waals surface area contributed by atoms with E-state index in [2.05, 4.69) is 206 Å². The van der Waals surface area contributed by atoms with Gasteiger partial charge in [-0.1, -0.05) is 209 Å². The Kier molecular flexibility index (Phi) is 17.6. The first-order valence-corrected chi connectivity index (χ1v) is 29.1. The van der Waals surface area contributed by atoms with Crippen molar-refractivity contribution in [2.24, 2.45) is 16.7 Å². The van der Waals surface area contributed by atoms with Gasteiger partial charge in [-0.05, 0) is 111 Å². The standard InChI is InChI=1S/C30H27NO.C19H27NSi.C16H19N.Ir/c1-3-9-21(10-4-1)19-22-17-18-31-27(20-22)25-16-15-24(23-11-5-2-6-12-23)29-26-13-7-8-14-28(26)32-30(25)29;1-19(2,3)13-16-12-17(15-10-8-7-9-11-15)20-14-18(16)21(4,5)6;1-16(2,3)12-13-9-10-17-15(11-13)14-7-5-4-6-8-14;/h2,5-8,11-18,20-21H,1,3-4,9-10,19H2;7-12,14H,13H2,1-6H3;4-11H,12H2,1-3H3;. The van der Waals surface area contributed by atoms with E-state index in [1.807, 2.05) is 36.7 Å². The van der Waals surface area contributed by atoms with Crippen LogP contribution in [0.4, 0.5) is 0 Å². The van der Waals surface area contributed by atoms with Crippen molar-refractivity contribution in [2.75, 3.05) is 0 Å². The Labute approximate surface area is 439 Å². The average molecular weight is 1130 g/mol. The molecule has 1 saturated carbocycles. The number of para-hydroxylation sites is 1. The number of nitrogens with zero attached hydrogens (tertiary/aromatic N) is 3. The molecule has 1 fully saturated rings. The number of aromatic nitrogens is 3. The van der Waals surface area contributed by atoms with Crippen molar-refractivity contribution >= 4 is 35.2 Å². The zero-order chi connectivity index (χ0) is 49.3. The van der Waals surface area contributed by atoms with Gasteiger partial charge >= 0.3 is 0 Å². The quantitative estimate of drug-likeness (QED) is 0.135. The van der Waals surface area contributed by atoms with Crippen LogP contribution in [0.5, 0.6) is 0 Å². The number of hydrogen-bond donors (Lipinski definition) is 0. The van der Waals surface area contributed by atoms with Crippen molar-refractivity contribution in [1.82, 2.24) is 15.0 Å². The van der Waals surface area contributed by atoms with Crippen LogP contribution in [0.2, 0.25) is 19.6 Å². The van der Waals surface area contributed by atoms with E-state index in [9.17, 15) is 0 Å². The topological polar surface area (TPSA) is 51.8 Å². The van der Waals surface area contributed by atoms with Gasteiger partial charge in [0.05, 0.1) is 25.2 Å². The molecule has 6 heteroatoms. The number of furan rings is 1. The summed E-state index contributed by atoms with van der Waals surface area (Å²) in [6.07, 6.45) is 16.2. The number of rotatable bonds is 9. The fraction of sp³-hybridized carbons (Fsp3) is 0.308. The van der Waals surface area contributed by atoms with Crippen LogP contribution in [0.25, 0.3) is 66.8 Å². The number of pyridine rings is 3. The molecule has 10 rings (SSSR count). The summed E-state index contributed by atoms with van der Waals surface area (Å²) in [5.41, 5.74) is 15.7. The van der Waals surface area contributed by atoms with E-state index in [-0.39, 0.29) is 20.1 Å². The molecule has 4 nitrogen and oxygen atoms in total. The molecule has 1 radical (unpaired) electrons. The Hall–Kier alpha value is -5.78. The van der Waals surface area contributed by atoms with Crippen molar-refractivity contribution in [3.05, 3.63) is 193 Å². The van der Waals surface area contributed by atoms with Gasteiger partial charge in [-0.2, -0.15) is 0 Å². The molecule has 0 atom stereocenters. The Balaban J connectivity index is 0.000000166. The molecule has 71 heavy (non-hydrogen) atoms. The van der Waals surface area contributed by atoms with E-state index in [1.54, 1.807) is 0 Å². The van der Waals surface area contributed by atoms with Crippen LogP contribution < -0.4 is 5.19 Å². The third-order valence-corrected chi connectivity index (χ3v) is 15.2. The van der Waals surface area contributed by atoms with Gasteiger partial charge in [-0.15, -0.1) is 0 Å². The van der Waals surface area contributed by atoms with Crippen LogP contribution in [-0.2, 0) is 39.4 Å². The number of fused-ring (bicyclic) bond motifs is 3. The van der Waals surface area contributed by atoms with E-state index < -0.39 is 8.07 Å². The van der Waals surface area contributed by atoms with Crippen LogP contribution >= 0.6 is 0 Å². The molecular formula is C65H73IrN3OSi. The van der Waals surface area contributed by atoms with Crippen molar-refractivity contribution in [2.45, 2.75) is 113 Å². The van der Waals surface area contributed by atoms with Crippen LogP contribution in [0, 0.1) is 16.7 Å². The van der Waals surface area contributed by atoms with Gasteiger partial charge in [0, 0.05) is 66.2 Å². The maximum absolute atomic E-state index is 6.45. The largest absolute Gasteiger partial charge is 0.455 e. The molecule has 1 aliphatic carbocycles. The fourth-order valence-electron chi connectivity index (χ4n) is 9.98. The minimum Gasteiger partial charge on any atom is -0.455 e. The van der Waals surface area contributed by atoms with Crippen LogP contribution in [0.15, 0.2) is 181 Å². The molecule has 0 unspecified atom stereocenters. The van der Waals surface area contributed by atoms with E-state index in [4.69, 9.17) is 14.4 Å². The van der Waals surface area contributed by atoms with Gasteiger partial charge in [0.25, 0.3) is 0 Å². The monoisotopic (exact) mass is 1130 g/mol. The first kappa shape index (κ1) is 53.0. The molecular weight excluding hydrogens is 1060 g/mol. The minimum atomic E-state index is -1.36. The molecule has 0 N–H and O–H groups in total. The second kappa shape index (κ2) is 23.6. The van der Waals surface area contributed by atoms with Crippen molar-refractivity contribution < 1.29 is 24.5 Å². The third kappa shape index (κ3) is 14.4. The van der Waals surface area contributed by atoms with Gasteiger partial charge in [0.2, 0.25) is 0 Å². The Morgan fingerprint density at radius 1 is 0.521 bits per heavy atom. The zero-order valence-electron chi connectivity index (χ0n) is 43.6. The SMILES string of the molecule is CC(C)(C)Cc1cc(-c2ccccc2)ncc1[Si](C)(C)C.CC(C)(C)Cc1ccnc(-c2ccccc2)c1.[Ir].c1ccc(-c2ccc(-c3cc(CC4CCCCC4)ccn3)c3oc4ccccc4c23)cc1. The summed E-state index contributed by atoms with van der Waals surface area (Å²) in [5.74, 6) is 0.811. The fourth-order valence-corrected chi connectivity index (χ4v) is 11.6. The second-order valence-corrected chi connectivity index (χ2v) is 27.9. The molecule has 0 amide bonds. The first-order valence-electron chi connectivity index (χ1n) is 25.6. The maximum atomic E-state index is 6.45. The van der Waals surface area contributed by atoms with Crippen LogP contribution in [0.1, 0.15) is 90.3 Å². The van der Waals surface area contributed by atoms with E-state index >= 15 is 0 Å². The smallest absolute Gasteiger partial charge is 0.145 e. The summed E-state index contributed by atoms with van der Waals surface area (Å²) in [6, 6.07) is 55.2. The van der Waals surface area contributed by atoms with Gasteiger partial charge in [0.1, 0.15) is 11.2 Å². The minimum absolute atomic E-state index is 0. The van der Waals surface area contributed by atoms with E-state index in [1.165, 1.54) is 81.6 Å². The molecule has 0 saturated heterocycles. The molecule has 9 aromatic rings. The Morgan fingerprint density at radius 2 is 1.04 bits per heavy atom. The summed E-state index contributed by atoms with van der Waals surface area (Å²) < 4.78 is 6.45. The summed E-state index contributed by atoms with van der Waals surface area (Å²) in [6.45, 7) is 20.9. The first-order chi connectivity index (χ1) is 33.6. The average Bonchev–Trinajstić information content (AvgIpc) is 3.74. The Bertz CT molecular complexity index is 3100. The molecule has 1 aliphatic rings. The molecule has 4 heterocycles. The summed E-state index contributed by atoms with van der Waals surface area (Å²) in [4.78, 5) is 13.9. The Morgan fingerprint density at radius 3 is 1.65 bits per heavy atom. The van der Waals surface area contributed by atoms with Gasteiger partial charge < -0.3 is 4.42 Å². The maximum Gasteiger partial charge on any atom is 0.145 e. The summed E-state index contributed by atoms with van der Waals surface area (Å²) in [5, 5.41) is 3.82. The van der Waals surface area contributed by atoms with Crippen molar-refractivity contribution in [3.8, 4) is 44.9 Å².